The lowest BCUT2D eigenvalue weighted by Crippen LogP contribution is -2.25. The molecular formula is C24H26N4. The molecule has 0 radical (unpaired) electrons. The molecule has 2 heterocycles. The molecule has 0 aliphatic carbocycles. The van der Waals surface area contributed by atoms with Crippen LogP contribution >= 0.6 is 0 Å². The molecule has 0 N–H and O–H groups in total. The molecule has 0 aliphatic rings. The van der Waals surface area contributed by atoms with Crippen LogP contribution in [-0.4, -0.2) is 26.2 Å². The second kappa shape index (κ2) is 8.36. The van der Waals surface area contributed by atoms with E-state index >= 15 is 0 Å². The molecule has 4 heteroatoms. The summed E-state index contributed by atoms with van der Waals surface area (Å²) in [7, 11) is 1.95. The summed E-state index contributed by atoms with van der Waals surface area (Å²) in [5.41, 5.74) is 5.91. The van der Waals surface area contributed by atoms with Crippen molar-refractivity contribution >= 4 is 11.0 Å². The van der Waals surface area contributed by atoms with Crippen LogP contribution < -0.4 is 0 Å². The summed E-state index contributed by atoms with van der Waals surface area (Å²) in [5, 5.41) is 5.64. The highest BCUT2D eigenvalue weighted by atomic mass is 15.3. The van der Waals surface area contributed by atoms with Gasteiger partial charge in [0.1, 0.15) is 0 Å². The number of rotatable bonds is 7. The minimum atomic E-state index is 0.874. The van der Waals surface area contributed by atoms with E-state index in [0.717, 1.165) is 42.8 Å². The van der Waals surface area contributed by atoms with Gasteiger partial charge in [-0.2, -0.15) is 5.10 Å². The highest BCUT2D eigenvalue weighted by molar-refractivity contribution is 5.78. The Morgan fingerprint density at radius 2 is 1.50 bits per heavy atom. The lowest BCUT2D eigenvalue weighted by Gasteiger charge is -2.22. The molecule has 0 saturated carbocycles. The summed E-state index contributed by atoms with van der Waals surface area (Å²) in [6.45, 7) is 4.85. The monoisotopic (exact) mass is 370 g/mol. The summed E-state index contributed by atoms with van der Waals surface area (Å²) < 4.78 is 1.85. The molecule has 4 aromatic rings. The van der Waals surface area contributed by atoms with Crippen molar-refractivity contribution in [3.8, 4) is 0 Å². The summed E-state index contributed by atoms with van der Waals surface area (Å²) in [5.74, 6) is 0. The van der Waals surface area contributed by atoms with E-state index in [9.17, 15) is 0 Å². The van der Waals surface area contributed by atoms with Crippen LogP contribution in [0.15, 0.2) is 72.9 Å². The molecule has 2 aromatic heterocycles. The fourth-order valence-corrected chi connectivity index (χ4v) is 3.68. The Labute approximate surface area is 166 Å². The fraction of sp³-hybridized carbons (Fsp3) is 0.250. The third-order valence-electron chi connectivity index (χ3n) is 5.13. The van der Waals surface area contributed by atoms with Gasteiger partial charge in [-0.25, -0.2) is 4.98 Å². The first kappa shape index (κ1) is 18.4. The maximum absolute atomic E-state index is 4.65. The molecule has 0 atom stereocenters. The fourth-order valence-electron chi connectivity index (χ4n) is 3.68. The molecule has 142 valence electrons. The third-order valence-corrected chi connectivity index (χ3v) is 5.13. The molecular weight excluding hydrogens is 344 g/mol. The van der Waals surface area contributed by atoms with Crippen LogP contribution in [-0.2, 0) is 26.6 Å². The van der Waals surface area contributed by atoms with Gasteiger partial charge < -0.3 is 0 Å². The molecule has 0 saturated heterocycles. The number of fused-ring (bicyclic) bond motifs is 1. The first-order chi connectivity index (χ1) is 13.7. The maximum Gasteiger partial charge on any atom is 0.157 e. The van der Waals surface area contributed by atoms with Crippen molar-refractivity contribution in [3.63, 3.8) is 0 Å². The Morgan fingerprint density at radius 1 is 0.857 bits per heavy atom. The smallest absolute Gasteiger partial charge is 0.157 e. The van der Waals surface area contributed by atoms with Gasteiger partial charge in [-0.05, 0) is 36.1 Å². The van der Waals surface area contributed by atoms with Crippen LogP contribution in [0.3, 0.4) is 0 Å². The van der Waals surface area contributed by atoms with Gasteiger partial charge >= 0.3 is 0 Å². The molecule has 0 bridgehead atoms. The van der Waals surface area contributed by atoms with Gasteiger partial charge in [0, 0.05) is 38.3 Å². The molecule has 0 unspecified atom stereocenters. The van der Waals surface area contributed by atoms with E-state index in [1.807, 2.05) is 24.9 Å². The number of benzene rings is 2. The van der Waals surface area contributed by atoms with Crippen LogP contribution in [0.5, 0.6) is 0 Å². The topological polar surface area (TPSA) is 34.0 Å². The Morgan fingerprint density at radius 3 is 2.21 bits per heavy atom. The van der Waals surface area contributed by atoms with Crippen LogP contribution in [0, 0.1) is 6.92 Å². The zero-order valence-electron chi connectivity index (χ0n) is 16.5. The van der Waals surface area contributed by atoms with Gasteiger partial charge in [-0.15, -0.1) is 0 Å². The summed E-state index contributed by atoms with van der Waals surface area (Å²) in [6.07, 6.45) is 3.03. The molecule has 0 amide bonds. The predicted molar refractivity (Wildman–Crippen MR) is 114 cm³/mol. The Bertz CT molecular complexity index is 1040. The number of hydrogen-bond donors (Lipinski definition) is 0. The van der Waals surface area contributed by atoms with Gasteiger partial charge in [0.05, 0.1) is 5.69 Å². The lowest BCUT2D eigenvalue weighted by atomic mass is 10.1. The largest absolute Gasteiger partial charge is 0.294 e. The SMILES string of the molecule is Cc1nn(C)c2ncc(CN(CCc3ccccc3)Cc3ccccc3)cc12. The van der Waals surface area contributed by atoms with Gasteiger partial charge in [-0.3, -0.25) is 9.58 Å². The quantitative estimate of drug-likeness (QED) is 0.480. The summed E-state index contributed by atoms with van der Waals surface area (Å²) in [6, 6.07) is 23.6. The normalized spacial score (nSPS) is 11.4. The minimum absolute atomic E-state index is 0.874. The molecule has 0 aliphatic heterocycles. The van der Waals surface area contributed by atoms with Gasteiger partial charge in [0.15, 0.2) is 5.65 Å². The van der Waals surface area contributed by atoms with Gasteiger partial charge in [-0.1, -0.05) is 60.7 Å². The highest BCUT2D eigenvalue weighted by Gasteiger charge is 2.11. The van der Waals surface area contributed by atoms with Gasteiger partial charge in [0.2, 0.25) is 0 Å². The average Bonchev–Trinajstić information content (AvgIpc) is 3.01. The van der Waals surface area contributed by atoms with E-state index in [4.69, 9.17) is 0 Å². The van der Waals surface area contributed by atoms with Crippen LogP contribution in [0.1, 0.15) is 22.4 Å². The summed E-state index contributed by atoms with van der Waals surface area (Å²) in [4.78, 5) is 7.15. The molecule has 2 aromatic carbocycles. The lowest BCUT2D eigenvalue weighted by molar-refractivity contribution is 0.260. The van der Waals surface area contributed by atoms with Crippen molar-refractivity contribution < 1.29 is 0 Å². The Hall–Kier alpha value is -2.98. The van der Waals surface area contributed by atoms with Crippen molar-refractivity contribution in [2.75, 3.05) is 6.54 Å². The molecule has 0 fully saturated rings. The van der Waals surface area contributed by atoms with E-state index < -0.39 is 0 Å². The molecule has 4 rings (SSSR count). The van der Waals surface area contributed by atoms with Crippen LogP contribution in [0.4, 0.5) is 0 Å². The zero-order chi connectivity index (χ0) is 19.3. The summed E-state index contributed by atoms with van der Waals surface area (Å²) >= 11 is 0. The van der Waals surface area contributed by atoms with Gasteiger partial charge in [0.25, 0.3) is 0 Å². The van der Waals surface area contributed by atoms with Crippen molar-refractivity contribution in [3.05, 3.63) is 95.3 Å². The minimum Gasteiger partial charge on any atom is -0.294 e. The second-order valence-electron chi connectivity index (χ2n) is 7.36. The highest BCUT2D eigenvalue weighted by Crippen LogP contribution is 2.18. The number of aromatic nitrogens is 3. The van der Waals surface area contributed by atoms with Crippen molar-refractivity contribution in [2.24, 2.45) is 7.05 Å². The first-order valence-corrected chi connectivity index (χ1v) is 9.77. The van der Waals surface area contributed by atoms with E-state index in [1.54, 1.807) is 0 Å². The van der Waals surface area contributed by atoms with Crippen molar-refractivity contribution in [1.82, 2.24) is 19.7 Å². The first-order valence-electron chi connectivity index (χ1n) is 9.77. The van der Waals surface area contributed by atoms with E-state index in [1.165, 1.54) is 16.7 Å². The molecule has 4 nitrogen and oxygen atoms in total. The standard InChI is InChI=1S/C24H26N4/c1-19-23-15-22(16-25-24(23)27(2)26-19)18-28(17-21-11-7-4-8-12-21)14-13-20-9-5-3-6-10-20/h3-12,15-16H,13-14,17-18H2,1-2H3. The van der Waals surface area contributed by atoms with Crippen LogP contribution in [0.2, 0.25) is 0 Å². The average molecular weight is 371 g/mol. The van der Waals surface area contributed by atoms with E-state index in [-0.39, 0.29) is 0 Å². The van der Waals surface area contributed by atoms with E-state index in [0.29, 0.717) is 0 Å². The Balaban J connectivity index is 1.54. The predicted octanol–water partition coefficient (Wildman–Crippen LogP) is 4.52. The number of pyridine rings is 1. The molecule has 28 heavy (non-hydrogen) atoms. The number of nitrogens with zero attached hydrogens (tertiary/aromatic N) is 4. The Kier molecular flexibility index (Phi) is 5.49. The van der Waals surface area contributed by atoms with Crippen molar-refractivity contribution in [1.29, 1.82) is 0 Å². The van der Waals surface area contributed by atoms with E-state index in [2.05, 4.69) is 81.7 Å². The second-order valence-corrected chi connectivity index (χ2v) is 7.36. The molecule has 0 spiro atoms. The number of hydrogen-bond acceptors (Lipinski definition) is 3. The zero-order valence-corrected chi connectivity index (χ0v) is 16.5. The maximum atomic E-state index is 4.65. The number of aryl methyl sites for hydroxylation is 2. The third kappa shape index (κ3) is 4.29. The van der Waals surface area contributed by atoms with Crippen LogP contribution in [0.25, 0.3) is 11.0 Å². The van der Waals surface area contributed by atoms with Crippen molar-refractivity contribution in [2.45, 2.75) is 26.4 Å².